The van der Waals surface area contributed by atoms with Crippen molar-refractivity contribution >= 4 is 24.6 Å². The minimum atomic E-state index is -0.220. The van der Waals surface area contributed by atoms with Crippen LogP contribution in [0.5, 0.6) is 5.75 Å². The maximum absolute atomic E-state index is 11.8. The van der Waals surface area contributed by atoms with Crippen LogP contribution in [0.1, 0.15) is 12.0 Å². The molecule has 1 heterocycles. The van der Waals surface area contributed by atoms with Crippen molar-refractivity contribution in [1.82, 2.24) is 9.55 Å². The summed E-state index contributed by atoms with van der Waals surface area (Å²) in [5.41, 5.74) is 8.05. The Labute approximate surface area is 140 Å². The first kappa shape index (κ1) is 18.4. The van der Waals surface area contributed by atoms with Crippen LogP contribution < -0.4 is 16.0 Å². The summed E-state index contributed by atoms with van der Waals surface area (Å²) in [7, 11) is 1.61. The summed E-state index contributed by atoms with van der Waals surface area (Å²) in [6.07, 6.45) is 0.779. The standard InChI is InChI=1S/C15H19N3O2S.ClH/c1-10-4-5-13(20-2)11(8-10)12-9-14(19)17-15(21)18(12)7-3-6-16;/h4-5,8-9H,3,6-7,16H2,1-2H3,(H,17,19,21);1H. The Balaban J connectivity index is 0.00000242. The van der Waals surface area contributed by atoms with Crippen LogP contribution in [0.15, 0.2) is 29.1 Å². The molecule has 0 aliphatic heterocycles. The molecule has 3 N–H and O–H groups in total. The van der Waals surface area contributed by atoms with Crippen LogP contribution in [0.3, 0.4) is 0 Å². The van der Waals surface area contributed by atoms with Gasteiger partial charge in [-0.2, -0.15) is 0 Å². The molecule has 120 valence electrons. The molecule has 0 fully saturated rings. The van der Waals surface area contributed by atoms with E-state index in [-0.39, 0.29) is 18.0 Å². The highest BCUT2D eigenvalue weighted by atomic mass is 35.5. The molecule has 0 spiro atoms. The lowest BCUT2D eigenvalue weighted by Gasteiger charge is -2.16. The highest BCUT2D eigenvalue weighted by Crippen LogP contribution is 2.30. The van der Waals surface area contributed by atoms with Gasteiger partial charge < -0.3 is 15.0 Å². The molecule has 5 nitrogen and oxygen atoms in total. The van der Waals surface area contributed by atoms with Gasteiger partial charge in [-0.05, 0) is 44.2 Å². The molecule has 0 saturated carbocycles. The first-order valence-corrected chi connectivity index (χ1v) is 7.17. The number of halogens is 1. The zero-order chi connectivity index (χ0) is 15.4. The van der Waals surface area contributed by atoms with Crippen LogP contribution in [0.2, 0.25) is 0 Å². The van der Waals surface area contributed by atoms with E-state index in [0.29, 0.717) is 23.6 Å². The zero-order valence-corrected chi connectivity index (χ0v) is 14.2. The second kappa shape index (κ2) is 8.12. The highest BCUT2D eigenvalue weighted by Gasteiger charge is 2.12. The average molecular weight is 342 g/mol. The number of ether oxygens (including phenoxy) is 1. The molecule has 0 aliphatic carbocycles. The predicted octanol–water partition coefficient (Wildman–Crippen LogP) is 2.66. The number of methoxy groups -OCH3 is 1. The molecule has 0 radical (unpaired) electrons. The summed E-state index contributed by atoms with van der Waals surface area (Å²) >= 11 is 5.28. The monoisotopic (exact) mass is 341 g/mol. The SMILES string of the molecule is COc1ccc(C)cc1-c1cc(=O)[nH]c(=S)n1CCCN.Cl. The first-order valence-electron chi connectivity index (χ1n) is 6.76. The quantitative estimate of drug-likeness (QED) is 0.820. The van der Waals surface area contributed by atoms with Crippen LogP contribution in [-0.2, 0) is 6.54 Å². The Hall–Kier alpha value is -1.63. The van der Waals surface area contributed by atoms with Crippen molar-refractivity contribution in [2.45, 2.75) is 19.9 Å². The van der Waals surface area contributed by atoms with Gasteiger partial charge in [-0.25, -0.2) is 0 Å². The molecule has 0 amide bonds. The second-order valence-electron chi connectivity index (χ2n) is 4.82. The number of nitrogens with zero attached hydrogens (tertiary/aromatic N) is 1. The Morgan fingerprint density at radius 2 is 2.09 bits per heavy atom. The lowest BCUT2D eigenvalue weighted by molar-refractivity contribution is 0.415. The van der Waals surface area contributed by atoms with Crippen LogP contribution >= 0.6 is 24.6 Å². The minimum absolute atomic E-state index is 0. The molecule has 2 aromatic rings. The van der Waals surface area contributed by atoms with Gasteiger partial charge >= 0.3 is 0 Å². The van der Waals surface area contributed by atoms with Gasteiger partial charge in [-0.1, -0.05) is 11.6 Å². The fourth-order valence-corrected chi connectivity index (χ4v) is 2.53. The van der Waals surface area contributed by atoms with E-state index in [4.69, 9.17) is 22.7 Å². The van der Waals surface area contributed by atoms with E-state index in [1.54, 1.807) is 13.2 Å². The van der Waals surface area contributed by atoms with Gasteiger partial charge in [0.05, 0.1) is 12.8 Å². The fraction of sp³-hybridized carbons (Fsp3) is 0.333. The van der Waals surface area contributed by atoms with Gasteiger partial charge in [0.2, 0.25) is 0 Å². The fourth-order valence-electron chi connectivity index (χ4n) is 2.24. The largest absolute Gasteiger partial charge is 0.496 e. The molecule has 0 unspecified atom stereocenters. The molecular formula is C15H20ClN3O2S. The number of aromatic amines is 1. The molecule has 2 rings (SSSR count). The van der Waals surface area contributed by atoms with Crippen LogP contribution in [0.4, 0.5) is 0 Å². The average Bonchev–Trinajstić information content (AvgIpc) is 2.45. The number of hydrogen-bond donors (Lipinski definition) is 2. The zero-order valence-electron chi connectivity index (χ0n) is 12.6. The van der Waals surface area contributed by atoms with Crippen molar-refractivity contribution in [2.75, 3.05) is 13.7 Å². The smallest absolute Gasteiger partial charge is 0.252 e. The van der Waals surface area contributed by atoms with Crippen molar-refractivity contribution in [3.63, 3.8) is 0 Å². The third-order valence-electron chi connectivity index (χ3n) is 3.25. The van der Waals surface area contributed by atoms with Gasteiger partial charge in [0.1, 0.15) is 5.75 Å². The highest BCUT2D eigenvalue weighted by molar-refractivity contribution is 7.71. The number of rotatable bonds is 5. The Morgan fingerprint density at radius 3 is 2.73 bits per heavy atom. The van der Waals surface area contributed by atoms with Crippen LogP contribution in [-0.4, -0.2) is 23.2 Å². The molecule has 22 heavy (non-hydrogen) atoms. The Bertz CT molecular complexity index is 755. The van der Waals surface area contributed by atoms with E-state index in [1.807, 2.05) is 29.7 Å². The number of aryl methyl sites for hydroxylation is 1. The van der Waals surface area contributed by atoms with E-state index < -0.39 is 0 Å². The number of hydrogen-bond acceptors (Lipinski definition) is 4. The normalized spacial score (nSPS) is 10.1. The maximum Gasteiger partial charge on any atom is 0.252 e. The molecule has 0 aliphatic rings. The summed E-state index contributed by atoms with van der Waals surface area (Å²) in [5, 5.41) is 0. The van der Waals surface area contributed by atoms with Crippen LogP contribution in [0, 0.1) is 11.7 Å². The van der Waals surface area contributed by atoms with Gasteiger partial charge in [-0.15, -0.1) is 12.4 Å². The first-order chi connectivity index (χ1) is 10.1. The van der Waals surface area contributed by atoms with Crippen molar-refractivity contribution in [1.29, 1.82) is 0 Å². The second-order valence-corrected chi connectivity index (χ2v) is 5.21. The van der Waals surface area contributed by atoms with Gasteiger partial charge in [0, 0.05) is 18.2 Å². The third kappa shape index (κ3) is 3.97. The Kier molecular flexibility index (Phi) is 6.80. The number of nitrogens with one attached hydrogen (secondary N) is 1. The third-order valence-corrected chi connectivity index (χ3v) is 3.57. The summed E-state index contributed by atoms with van der Waals surface area (Å²) in [5.74, 6) is 0.710. The molecule has 0 saturated heterocycles. The summed E-state index contributed by atoms with van der Waals surface area (Å²) in [4.78, 5) is 14.4. The molecule has 1 aromatic heterocycles. The number of aromatic nitrogens is 2. The topological polar surface area (TPSA) is 73.0 Å². The maximum atomic E-state index is 11.8. The molecular weight excluding hydrogens is 322 g/mol. The van der Waals surface area contributed by atoms with Gasteiger partial charge in [0.25, 0.3) is 5.56 Å². The van der Waals surface area contributed by atoms with Crippen LogP contribution in [0.25, 0.3) is 11.3 Å². The number of nitrogens with two attached hydrogens (primary N) is 1. The number of H-pyrrole nitrogens is 1. The summed E-state index contributed by atoms with van der Waals surface area (Å²) < 4.78 is 7.70. The van der Waals surface area contributed by atoms with Gasteiger partial charge in [0.15, 0.2) is 4.77 Å². The molecule has 0 bridgehead atoms. The summed E-state index contributed by atoms with van der Waals surface area (Å²) in [6.45, 7) is 3.21. The molecule has 0 atom stereocenters. The van der Waals surface area contributed by atoms with E-state index in [2.05, 4.69) is 4.98 Å². The van der Waals surface area contributed by atoms with E-state index >= 15 is 0 Å². The molecule has 7 heteroatoms. The number of benzene rings is 1. The van der Waals surface area contributed by atoms with Gasteiger partial charge in [-0.3, -0.25) is 9.78 Å². The lowest BCUT2D eigenvalue weighted by Crippen LogP contribution is -2.16. The van der Waals surface area contributed by atoms with Crippen molar-refractivity contribution in [2.24, 2.45) is 5.73 Å². The van der Waals surface area contributed by atoms with E-state index in [1.165, 1.54) is 0 Å². The summed E-state index contributed by atoms with van der Waals surface area (Å²) in [6, 6.07) is 7.39. The van der Waals surface area contributed by atoms with E-state index in [0.717, 1.165) is 23.2 Å². The molecule has 1 aromatic carbocycles. The lowest BCUT2D eigenvalue weighted by atomic mass is 10.1. The van der Waals surface area contributed by atoms with Crippen molar-refractivity contribution in [3.8, 4) is 17.0 Å². The minimum Gasteiger partial charge on any atom is -0.496 e. The van der Waals surface area contributed by atoms with E-state index in [9.17, 15) is 4.79 Å². The van der Waals surface area contributed by atoms with Crippen molar-refractivity contribution in [3.05, 3.63) is 45.0 Å². The van der Waals surface area contributed by atoms with Crippen molar-refractivity contribution < 1.29 is 4.74 Å². The predicted molar refractivity (Wildman–Crippen MR) is 93.5 cm³/mol. The Morgan fingerprint density at radius 1 is 1.36 bits per heavy atom.